The average Bonchev–Trinajstić information content (AvgIpc) is 2.40. The summed E-state index contributed by atoms with van der Waals surface area (Å²) in [7, 11) is 1.68. The van der Waals surface area contributed by atoms with Crippen LogP contribution in [0.3, 0.4) is 0 Å². The molecule has 2 atom stereocenters. The van der Waals surface area contributed by atoms with E-state index in [1.54, 1.807) is 11.9 Å². The van der Waals surface area contributed by atoms with Gasteiger partial charge >= 0.3 is 142 Å². The Labute approximate surface area is 142 Å². The molecule has 21 heavy (non-hydrogen) atoms. The summed E-state index contributed by atoms with van der Waals surface area (Å²) in [5.41, 5.74) is 5.33. The molecule has 1 amide bonds. The average molecular weight is 400 g/mol. The van der Waals surface area contributed by atoms with Crippen molar-refractivity contribution in [3.63, 3.8) is 0 Å². The summed E-state index contributed by atoms with van der Waals surface area (Å²) in [5.74, 6) is -1.15. The van der Waals surface area contributed by atoms with E-state index in [1.165, 1.54) is 0 Å². The number of nitrogens with one attached hydrogen (secondary N) is 1. The summed E-state index contributed by atoms with van der Waals surface area (Å²) >= 11 is 10.6. The number of carbonyl (C=O) groups is 3. The first-order valence-electron chi connectivity index (χ1n) is 6.04. The summed E-state index contributed by atoms with van der Waals surface area (Å²) in [6.45, 7) is 0.0927. The monoisotopic (exact) mass is 401 g/mol. The van der Waals surface area contributed by atoms with Crippen LogP contribution in [-0.4, -0.2) is 78.5 Å². The number of carboxylic acids is 1. The Kier molecular flexibility index (Phi) is 9.97. The van der Waals surface area contributed by atoms with Crippen molar-refractivity contribution < 1.29 is 19.5 Å². The molecule has 0 fully saturated rings. The molecule has 0 heterocycles. The number of nitrogens with two attached hydrogens (primary N) is 1. The van der Waals surface area contributed by atoms with Gasteiger partial charge in [0.25, 0.3) is 0 Å². The molecule has 0 saturated carbocycles. The van der Waals surface area contributed by atoms with Gasteiger partial charge < -0.3 is 0 Å². The zero-order valence-electron chi connectivity index (χ0n) is 11.5. The normalized spacial score (nSPS) is 13.1. The fraction of sp³-hybridized carbons (Fsp3) is 0.636. The third-order valence-electron chi connectivity index (χ3n) is 2.56. The van der Waals surface area contributed by atoms with Crippen molar-refractivity contribution in [2.75, 3.05) is 19.3 Å². The zero-order chi connectivity index (χ0) is 16.6. The van der Waals surface area contributed by atoms with Gasteiger partial charge in [-0.3, -0.25) is 0 Å². The molecule has 0 aromatic carbocycles. The van der Waals surface area contributed by atoms with Crippen LogP contribution in [0.2, 0.25) is 0 Å². The summed E-state index contributed by atoms with van der Waals surface area (Å²) in [6.07, 6.45) is 0.0500. The third kappa shape index (κ3) is 8.47. The van der Waals surface area contributed by atoms with Crippen LogP contribution < -0.4 is 11.1 Å². The fourth-order valence-corrected chi connectivity index (χ4v) is 2.60. The van der Waals surface area contributed by atoms with E-state index in [0.29, 0.717) is 10.3 Å². The van der Waals surface area contributed by atoms with Crippen molar-refractivity contribution in [2.45, 2.75) is 24.9 Å². The Bertz CT molecular complexity index is 422. The Morgan fingerprint density at radius 2 is 2.00 bits per heavy atom. The van der Waals surface area contributed by atoms with Crippen molar-refractivity contribution in [2.24, 2.45) is 5.73 Å². The van der Waals surface area contributed by atoms with Gasteiger partial charge in [0, 0.05) is 0 Å². The van der Waals surface area contributed by atoms with Crippen LogP contribution >= 0.6 is 25.3 Å². The first-order valence-corrected chi connectivity index (χ1v) is 7.98. The molecule has 10 heteroatoms. The fourth-order valence-electron chi connectivity index (χ4n) is 1.41. The number of likely N-dealkylation sites (N-methyl/N-ethyl adjacent to an activating group) is 1. The molecule has 0 bridgehead atoms. The van der Waals surface area contributed by atoms with Gasteiger partial charge in [0.05, 0.1) is 0 Å². The Morgan fingerprint density at radius 3 is 2.43 bits per heavy atom. The molecule has 120 valence electrons. The van der Waals surface area contributed by atoms with Crippen molar-refractivity contribution in [1.82, 2.24) is 10.2 Å². The number of amides is 1. The van der Waals surface area contributed by atoms with E-state index in [9.17, 15) is 14.4 Å². The van der Waals surface area contributed by atoms with Crippen LogP contribution in [0.25, 0.3) is 0 Å². The Balaban J connectivity index is 4.42. The van der Waals surface area contributed by atoms with E-state index >= 15 is 0 Å². The summed E-state index contributed by atoms with van der Waals surface area (Å²) in [4.78, 5) is 34.9. The number of thiol groups is 2. The number of aliphatic carboxylic acids is 1. The van der Waals surface area contributed by atoms with Gasteiger partial charge in [-0.05, 0) is 0 Å². The standard InChI is InChI=1S/C11H19N3O4S2Se/c1-14(4-9(16)20)10(21)7(5-19)13-8(15)3-2-6(12)11(17)18/h6-7,19H,2-5,12H2,1H3,(H,13,15)(H,16,20)(H,17,18). The number of carboxylic acid groups (broad SMARTS) is 1. The molecular weight excluding hydrogens is 381 g/mol. The maximum atomic E-state index is 11.8. The Hall–Kier alpha value is -0.541. The number of hydrogen-bond donors (Lipinski definition) is 5. The number of carbonyl (C=O) groups excluding carboxylic acids is 2. The van der Waals surface area contributed by atoms with Crippen molar-refractivity contribution >= 4 is 62.4 Å². The van der Waals surface area contributed by atoms with Crippen LogP contribution in [0.4, 0.5) is 0 Å². The van der Waals surface area contributed by atoms with Gasteiger partial charge in [0.1, 0.15) is 0 Å². The predicted octanol–water partition coefficient (Wildman–Crippen LogP) is -1.72. The summed E-state index contributed by atoms with van der Waals surface area (Å²) in [6, 6.07) is -1.47. The number of hydrogen-bond acceptors (Lipinski definition) is 6. The molecule has 7 nitrogen and oxygen atoms in total. The number of rotatable bonds is 10. The van der Waals surface area contributed by atoms with Gasteiger partial charge in [-0.15, -0.1) is 0 Å². The van der Waals surface area contributed by atoms with E-state index in [-0.39, 0.29) is 30.4 Å². The number of nitrogens with zero attached hydrogens (tertiary/aromatic N) is 1. The second-order valence-electron chi connectivity index (χ2n) is 4.37. The van der Waals surface area contributed by atoms with Gasteiger partial charge in [0.2, 0.25) is 0 Å². The van der Waals surface area contributed by atoms with Gasteiger partial charge in [-0.2, -0.15) is 0 Å². The summed E-state index contributed by atoms with van der Waals surface area (Å²) in [5, 5.41) is 11.0. The topological polar surface area (TPSA) is 113 Å². The molecule has 0 aromatic heterocycles. The molecule has 0 aliphatic heterocycles. The minimum absolute atomic E-state index is 0.000235. The first kappa shape index (κ1) is 20.5. The molecule has 2 unspecified atom stereocenters. The summed E-state index contributed by atoms with van der Waals surface area (Å²) < 4.78 is 0.642. The van der Waals surface area contributed by atoms with E-state index < -0.39 is 18.1 Å². The van der Waals surface area contributed by atoms with Crippen LogP contribution in [0.5, 0.6) is 0 Å². The molecular formula is C11H19N3O4S2Se. The van der Waals surface area contributed by atoms with Crippen LogP contribution in [0.1, 0.15) is 12.8 Å². The van der Waals surface area contributed by atoms with Crippen LogP contribution in [0, 0.1) is 0 Å². The molecule has 0 aliphatic carbocycles. The van der Waals surface area contributed by atoms with Crippen molar-refractivity contribution in [3.05, 3.63) is 0 Å². The van der Waals surface area contributed by atoms with E-state index in [2.05, 4.69) is 46.2 Å². The SMILES string of the molecule is CN(CC(=O)S)C(=[Se])C(CS)NC(=O)CCC(N)C(=O)O. The zero-order valence-corrected chi connectivity index (χ0v) is 15.0. The molecule has 0 radical (unpaired) electrons. The predicted molar refractivity (Wildman–Crippen MR) is 88.0 cm³/mol. The molecule has 0 spiro atoms. The van der Waals surface area contributed by atoms with Crippen LogP contribution in [-0.2, 0) is 14.4 Å². The molecule has 4 N–H and O–H groups in total. The van der Waals surface area contributed by atoms with Gasteiger partial charge in [0.15, 0.2) is 0 Å². The molecule has 0 aromatic rings. The molecule has 0 aliphatic rings. The van der Waals surface area contributed by atoms with Crippen molar-refractivity contribution in [1.29, 1.82) is 0 Å². The third-order valence-corrected chi connectivity index (χ3v) is 4.32. The van der Waals surface area contributed by atoms with Gasteiger partial charge in [-0.25, -0.2) is 0 Å². The Morgan fingerprint density at radius 1 is 1.43 bits per heavy atom. The maximum absolute atomic E-state index is 11.8. The van der Waals surface area contributed by atoms with E-state index in [1.807, 2.05) is 0 Å². The van der Waals surface area contributed by atoms with Crippen LogP contribution in [0.15, 0.2) is 0 Å². The minimum atomic E-state index is -1.14. The quantitative estimate of drug-likeness (QED) is 0.220. The van der Waals surface area contributed by atoms with Crippen molar-refractivity contribution in [3.8, 4) is 0 Å². The van der Waals surface area contributed by atoms with E-state index in [0.717, 1.165) is 0 Å². The molecule has 0 saturated heterocycles. The second-order valence-corrected chi connectivity index (χ2v) is 6.12. The first-order chi connectivity index (χ1) is 9.68. The molecule has 0 rings (SSSR count). The van der Waals surface area contributed by atoms with E-state index in [4.69, 9.17) is 10.8 Å². The van der Waals surface area contributed by atoms with Gasteiger partial charge in [-0.1, -0.05) is 0 Å². The second kappa shape index (κ2) is 10.2.